The van der Waals surface area contributed by atoms with Crippen molar-refractivity contribution >= 4 is 28.5 Å². The fourth-order valence-electron chi connectivity index (χ4n) is 1.73. The lowest BCUT2D eigenvalue weighted by atomic mass is 10.3. The third kappa shape index (κ3) is 2.28. The molecule has 0 atom stereocenters. The lowest BCUT2D eigenvalue weighted by Crippen LogP contribution is -2.00. The van der Waals surface area contributed by atoms with E-state index in [0.29, 0.717) is 6.54 Å². The van der Waals surface area contributed by atoms with Gasteiger partial charge in [-0.2, -0.15) is 0 Å². The minimum absolute atomic E-state index is 0.623. The molecule has 0 unspecified atom stereocenters. The van der Waals surface area contributed by atoms with Crippen molar-refractivity contribution in [3.8, 4) is 0 Å². The van der Waals surface area contributed by atoms with Gasteiger partial charge in [0.1, 0.15) is 5.82 Å². The number of H-pyrrole nitrogens is 1. The summed E-state index contributed by atoms with van der Waals surface area (Å²) in [4.78, 5) is 11.8. The lowest BCUT2D eigenvalue weighted by molar-refractivity contribution is 1.01. The summed E-state index contributed by atoms with van der Waals surface area (Å²) in [6, 6.07) is 11.4. The first-order valence-electron chi connectivity index (χ1n) is 5.60. The van der Waals surface area contributed by atoms with Gasteiger partial charge in [0, 0.05) is 16.9 Å². The number of nitrogens with zero attached hydrogens (tertiary/aromatic N) is 2. The molecule has 0 saturated carbocycles. The second kappa shape index (κ2) is 4.66. The molecule has 0 amide bonds. The molecule has 0 saturated heterocycles. The van der Waals surface area contributed by atoms with Crippen molar-refractivity contribution in [3.05, 3.63) is 53.4 Å². The van der Waals surface area contributed by atoms with Gasteiger partial charge in [0.25, 0.3) is 0 Å². The fourth-order valence-corrected chi connectivity index (χ4v) is 1.86. The van der Waals surface area contributed by atoms with Gasteiger partial charge in [0.15, 0.2) is 5.65 Å². The van der Waals surface area contributed by atoms with Gasteiger partial charge in [0.2, 0.25) is 0 Å². The molecule has 2 heterocycles. The lowest BCUT2D eigenvalue weighted by Gasteiger charge is -2.03. The topological polar surface area (TPSA) is 53.6 Å². The van der Waals surface area contributed by atoms with Crippen molar-refractivity contribution in [2.45, 2.75) is 6.54 Å². The summed E-state index contributed by atoms with van der Waals surface area (Å²) < 4.78 is 0. The zero-order valence-electron chi connectivity index (χ0n) is 9.52. The summed E-state index contributed by atoms with van der Waals surface area (Å²) in [5.74, 6) is 0.860. The number of aromatic nitrogens is 3. The quantitative estimate of drug-likeness (QED) is 0.758. The van der Waals surface area contributed by atoms with Crippen LogP contribution in [0.15, 0.2) is 42.6 Å². The third-order valence-electron chi connectivity index (χ3n) is 2.61. The second-order valence-electron chi connectivity index (χ2n) is 3.92. The van der Waals surface area contributed by atoms with E-state index in [4.69, 9.17) is 11.6 Å². The maximum Gasteiger partial charge on any atom is 0.177 e. The first kappa shape index (κ1) is 11.0. The molecule has 2 aromatic heterocycles. The number of aromatic amines is 1. The van der Waals surface area contributed by atoms with Crippen molar-refractivity contribution in [1.82, 2.24) is 15.0 Å². The van der Waals surface area contributed by atoms with Gasteiger partial charge in [-0.1, -0.05) is 11.6 Å². The number of halogens is 1. The summed E-state index contributed by atoms with van der Waals surface area (Å²) in [7, 11) is 0. The van der Waals surface area contributed by atoms with Gasteiger partial charge >= 0.3 is 0 Å². The van der Waals surface area contributed by atoms with Crippen molar-refractivity contribution in [2.75, 3.05) is 5.32 Å². The van der Waals surface area contributed by atoms with Gasteiger partial charge in [-0.15, -0.1) is 0 Å². The molecule has 0 aliphatic heterocycles. The monoisotopic (exact) mass is 258 g/mol. The van der Waals surface area contributed by atoms with E-state index in [1.807, 2.05) is 36.4 Å². The van der Waals surface area contributed by atoms with Crippen molar-refractivity contribution in [1.29, 1.82) is 0 Å². The van der Waals surface area contributed by atoms with Crippen molar-refractivity contribution < 1.29 is 0 Å². The molecule has 5 heteroatoms. The summed E-state index contributed by atoms with van der Waals surface area (Å²) in [5.41, 5.74) is 2.70. The Hall–Kier alpha value is -2.07. The van der Waals surface area contributed by atoms with Gasteiger partial charge in [0.05, 0.1) is 12.1 Å². The van der Waals surface area contributed by atoms with Crippen LogP contribution in [-0.4, -0.2) is 15.0 Å². The number of rotatable bonds is 3. The molecule has 0 aliphatic carbocycles. The molecule has 3 rings (SSSR count). The molecule has 1 aromatic carbocycles. The van der Waals surface area contributed by atoms with Crippen LogP contribution in [0.5, 0.6) is 0 Å². The highest BCUT2D eigenvalue weighted by molar-refractivity contribution is 6.30. The molecule has 0 bridgehead atoms. The highest BCUT2D eigenvalue weighted by atomic mass is 35.5. The Morgan fingerprint density at radius 2 is 2.00 bits per heavy atom. The molecule has 0 spiro atoms. The molecule has 18 heavy (non-hydrogen) atoms. The summed E-state index contributed by atoms with van der Waals surface area (Å²) in [5, 5.41) is 4.00. The van der Waals surface area contributed by atoms with Crippen LogP contribution < -0.4 is 5.32 Å². The van der Waals surface area contributed by atoms with Gasteiger partial charge in [-0.3, -0.25) is 0 Å². The van der Waals surface area contributed by atoms with Gasteiger partial charge < -0.3 is 10.3 Å². The maximum absolute atomic E-state index is 5.83. The Balaban J connectivity index is 1.74. The predicted octanol–water partition coefficient (Wildman–Crippen LogP) is 3.22. The first-order chi connectivity index (χ1) is 8.81. The Labute approximate surface area is 109 Å². The summed E-state index contributed by atoms with van der Waals surface area (Å²) >= 11 is 5.83. The number of benzene rings is 1. The molecular weight excluding hydrogens is 248 g/mol. The van der Waals surface area contributed by atoms with E-state index in [1.54, 1.807) is 6.20 Å². The highest BCUT2D eigenvalue weighted by Crippen LogP contribution is 2.14. The summed E-state index contributed by atoms with van der Waals surface area (Å²) in [6.07, 6.45) is 1.74. The van der Waals surface area contributed by atoms with E-state index in [9.17, 15) is 0 Å². The molecule has 0 radical (unpaired) electrons. The average Bonchev–Trinajstić information content (AvgIpc) is 2.81. The minimum Gasteiger partial charge on any atom is -0.378 e. The van der Waals surface area contributed by atoms with Crippen LogP contribution in [-0.2, 0) is 6.54 Å². The van der Waals surface area contributed by atoms with Crippen molar-refractivity contribution in [3.63, 3.8) is 0 Å². The molecule has 2 N–H and O–H groups in total. The number of imidazole rings is 1. The van der Waals surface area contributed by atoms with E-state index in [2.05, 4.69) is 20.3 Å². The maximum atomic E-state index is 5.83. The zero-order chi connectivity index (χ0) is 12.4. The van der Waals surface area contributed by atoms with E-state index >= 15 is 0 Å². The normalized spacial score (nSPS) is 10.7. The number of nitrogens with one attached hydrogen (secondary N) is 2. The zero-order valence-corrected chi connectivity index (χ0v) is 10.3. The second-order valence-corrected chi connectivity index (χ2v) is 4.35. The molecule has 90 valence electrons. The van der Waals surface area contributed by atoms with Gasteiger partial charge in [-0.05, 0) is 36.4 Å². The number of hydrogen-bond donors (Lipinski definition) is 2. The van der Waals surface area contributed by atoms with Gasteiger partial charge in [-0.25, -0.2) is 9.97 Å². The number of fused-ring (bicyclic) bond motifs is 1. The van der Waals surface area contributed by atoms with E-state index < -0.39 is 0 Å². The molecular formula is C13H11ClN4. The van der Waals surface area contributed by atoms with Crippen LogP contribution in [0.25, 0.3) is 11.2 Å². The molecule has 3 aromatic rings. The smallest absolute Gasteiger partial charge is 0.177 e. The standard InChI is InChI=1S/C13H11ClN4/c14-9-3-5-10(6-4-9)16-8-12-17-11-2-1-7-15-13(11)18-12/h1-7,16H,8H2,(H,15,17,18). The molecule has 0 fully saturated rings. The number of hydrogen-bond acceptors (Lipinski definition) is 3. The van der Waals surface area contributed by atoms with E-state index in [-0.39, 0.29) is 0 Å². The Kier molecular flexibility index (Phi) is 2.86. The van der Waals surface area contributed by atoms with Crippen LogP contribution in [0.2, 0.25) is 5.02 Å². The molecule has 4 nitrogen and oxygen atoms in total. The van der Waals surface area contributed by atoms with Crippen LogP contribution in [0.3, 0.4) is 0 Å². The van der Waals surface area contributed by atoms with Crippen LogP contribution in [0.1, 0.15) is 5.82 Å². The van der Waals surface area contributed by atoms with Crippen LogP contribution in [0, 0.1) is 0 Å². The Morgan fingerprint density at radius 3 is 2.78 bits per heavy atom. The summed E-state index contributed by atoms with van der Waals surface area (Å²) in [6.45, 7) is 0.623. The Morgan fingerprint density at radius 1 is 1.17 bits per heavy atom. The van der Waals surface area contributed by atoms with E-state index in [1.165, 1.54) is 0 Å². The average molecular weight is 259 g/mol. The van der Waals surface area contributed by atoms with Crippen molar-refractivity contribution in [2.24, 2.45) is 0 Å². The number of pyridine rings is 1. The highest BCUT2D eigenvalue weighted by Gasteiger charge is 2.02. The first-order valence-corrected chi connectivity index (χ1v) is 5.98. The fraction of sp³-hybridized carbons (Fsp3) is 0.0769. The molecule has 0 aliphatic rings. The minimum atomic E-state index is 0.623. The van der Waals surface area contributed by atoms with Crippen LogP contribution in [0.4, 0.5) is 5.69 Å². The van der Waals surface area contributed by atoms with E-state index in [0.717, 1.165) is 27.7 Å². The predicted molar refractivity (Wildman–Crippen MR) is 72.7 cm³/mol. The Bertz CT molecular complexity index is 627. The van der Waals surface area contributed by atoms with Crippen LogP contribution >= 0.6 is 11.6 Å². The third-order valence-corrected chi connectivity index (χ3v) is 2.86. The SMILES string of the molecule is Clc1ccc(NCc2nc3ncccc3[nH]2)cc1. The largest absolute Gasteiger partial charge is 0.378 e. The number of anilines is 1.